The van der Waals surface area contributed by atoms with Gasteiger partial charge in [-0.25, -0.2) is 4.79 Å². The fourth-order valence-electron chi connectivity index (χ4n) is 3.69. The molecule has 7 nitrogen and oxygen atoms in total. The smallest absolute Gasteiger partial charge is 0.321 e. The molecule has 1 fully saturated rings. The molecule has 2 N–H and O–H groups in total. The van der Waals surface area contributed by atoms with Gasteiger partial charge < -0.3 is 25.0 Å². The third-order valence-electron chi connectivity index (χ3n) is 5.66. The first-order valence-electron chi connectivity index (χ1n) is 10.2. The van der Waals surface area contributed by atoms with Crippen LogP contribution in [0.15, 0.2) is 42.5 Å². The van der Waals surface area contributed by atoms with Crippen LogP contribution < -0.4 is 20.1 Å². The van der Waals surface area contributed by atoms with Crippen molar-refractivity contribution in [2.45, 2.75) is 19.8 Å². The van der Waals surface area contributed by atoms with E-state index < -0.39 is 0 Å². The lowest BCUT2D eigenvalue weighted by molar-refractivity contribution is -0.121. The minimum Gasteiger partial charge on any atom is -0.497 e. The molecular weight excluding hydrogens is 418 g/mol. The molecule has 1 heterocycles. The second-order valence-electron chi connectivity index (χ2n) is 7.64. The van der Waals surface area contributed by atoms with Gasteiger partial charge in [-0.15, -0.1) is 0 Å². The van der Waals surface area contributed by atoms with Crippen LogP contribution in [0.3, 0.4) is 0 Å². The highest BCUT2D eigenvalue weighted by molar-refractivity contribution is 6.30. The van der Waals surface area contributed by atoms with Crippen LogP contribution >= 0.6 is 11.6 Å². The number of piperidine rings is 1. The van der Waals surface area contributed by atoms with Crippen molar-refractivity contribution in [1.82, 2.24) is 4.90 Å². The highest BCUT2D eigenvalue weighted by atomic mass is 35.5. The second-order valence-corrected chi connectivity index (χ2v) is 8.08. The number of carbonyl (C=O) groups is 2. The molecule has 2 aromatic carbocycles. The van der Waals surface area contributed by atoms with Crippen LogP contribution in [0.25, 0.3) is 0 Å². The van der Waals surface area contributed by atoms with Gasteiger partial charge >= 0.3 is 6.03 Å². The fourth-order valence-corrected chi connectivity index (χ4v) is 3.81. The number of anilines is 2. The molecule has 0 aromatic heterocycles. The molecule has 166 valence electrons. The largest absolute Gasteiger partial charge is 0.497 e. The monoisotopic (exact) mass is 445 g/mol. The van der Waals surface area contributed by atoms with E-state index in [9.17, 15) is 9.59 Å². The zero-order valence-corrected chi connectivity index (χ0v) is 18.7. The number of ether oxygens (including phenoxy) is 2. The predicted molar refractivity (Wildman–Crippen MR) is 122 cm³/mol. The van der Waals surface area contributed by atoms with Gasteiger partial charge in [0, 0.05) is 53.6 Å². The number of rotatable bonds is 6. The number of benzene rings is 2. The van der Waals surface area contributed by atoms with E-state index in [0.29, 0.717) is 41.0 Å². The van der Waals surface area contributed by atoms with E-state index >= 15 is 0 Å². The van der Waals surface area contributed by atoms with Gasteiger partial charge in [0.25, 0.3) is 0 Å². The van der Waals surface area contributed by atoms with Gasteiger partial charge in [0.1, 0.15) is 11.5 Å². The van der Waals surface area contributed by atoms with E-state index in [-0.39, 0.29) is 23.8 Å². The van der Waals surface area contributed by atoms with Crippen LogP contribution in [-0.4, -0.2) is 44.1 Å². The molecule has 0 aliphatic carbocycles. The molecule has 2 aromatic rings. The Bertz CT molecular complexity index is 889. The van der Waals surface area contributed by atoms with Crippen molar-refractivity contribution in [2.24, 2.45) is 11.8 Å². The Morgan fingerprint density at radius 1 is 0.968 bits per heavy atom. The molecule has 31 heavy (non-hydrogen) atoms. The van der Waals surface area contributed by atoms with Crippen molar-refractivity contribution in [3.05, 3.63) is 47.5 Å². The van der Waals surface area contributed by atoms with Crippen molar-refractivity contribution < 1.29 is 19.1 Å². The highest BCUT2D eigenvalue weighted by Gasteiger charge is 2.30. The van der Waals surface area contributed by atoms with Crippen molar-refractivity contribution in [3.63, 3.8) is 0 Å². The van der Waals surface area contributed by atoms with E-state index in [1.165, 1.54) is 0 Å². The molecule has 0 bridgehead atoms. The summed E-state index contributed by atoms with van der Waals surface area (Å²) in [6, 6.07) is 12.2. The van der Waals surface area contributed by atoms with Crippen molar-refractivity contribution in [2.75, 3.05) is 37.9 Å². The first-order valence-corrected chi connectivity index (χ1v) is 10.6. The van der Waals surface area contributed by atoms with Gasteiger partial charge in [0.05, 0.1) is 14.2 Å². The number of methoxy groups -OCH3 is 2. The number of hydrogen-bond donors (Lipinski definition) is 2. The average Bonchev–Trinajstić information content (AvgIpc) is 2.79. The van der Waals surface area contributed by atoms with E-state index in [1.54, 1.807) is 61.6 Å². The lowest BCUT2D eigenvalue weighted by Gasteiger charge is -2.34. The maximum atomic E-state index is 12.8. The molecule has 3 amide bonds. The van der Waals surface area contributed by atoms with Gasteiger partial charge in [-0.1, -0.05) is 18.5 Å². The van der Waals surface area contributed by atoms with E-state index in [1.807, 2.05) is 6.92 Å². The van der Waals surface area contributed by atoms with Crippen LogP contribution in [0, 0.1) is 11.8 Å². The third-order valence-corrected chi connectivity index (χ3v) is 5.91. The van der Waals surface area contributed by atoms with Crippen molar-refractivity contribution in [1.29, 1.82) is 0 Å². The van der Waals surface area contributed by atoms with Gasteiger partial charge in [-0.3, -0.25) is 4.79 Å². The molecule has 8 heteroatoms. The second kappa shape index (κ2) is 10.4. The lowest BCUT2D eigenvalue weighted by Crippen LogP contribution is -2.43. The maximum Gasteiger partial charge on any atom is 0.321 e. The summed E-state index contributed by atoms with van der Waals surface area (Å²) < 4.78 is 10.5. The van der Waals surface area contributed by atoms with Crippen molar-refractivity contribution >= 4 is 34.9 Å². The summed E-state index contributed by atoms with van der Waals surface area (Å²) >= 11 is 5.88. The molecule has 1 saturated heterocycles. The number of nitrogens with zero attached hydrogens (tertiary/aromatic N) is 1. The van der Waals surface area contributed by atoms with Gasteiger partial charge in [-0.2, -0.15) is 0 Å². The number of nitrogens with one attached hydrogen (secondary N) is 2. The molecule has 0 radical (unpaired) electrons. The standard InChI is InChI=1S/C23H28ClN3O4/c1-15(22(28)25-19-12-20(30-2)14-21(13-19)31-3)16-8-10-27(11-9-16)23(29)26-18-6-4-17(24)5-7-18/h4-7,12-16H,8-11H2,1-3H3,(H,25,28)(H,26,29). The Labute approximate surface area is 187 Å². The van der Waals surface area contributed by atoms with Crippen LogP contribution in [0.5, 0.6) is 11.5 Å². The molecule has 1 aliphatic rings. The van der Waals surface area contributed by atoms with Crippen LogP contribution in [0.2, 0.25) is 5.02 Å². The number of amides is 3. The minimum atomic E-state index is -0.182. The molecule has 0 saturated carbocycles. The topological polar surface area (TPSA) is 79.9 Å². The summed E-state index contributed by atoms with van der Waals surface area (Å²) in [5.41, 5.74) is 1.34. The lowest BCUT2D eigenvalue weighted by atomic mass is 9.85. The number of carbonyl (C=O) groups excluding carboxylic acids is 2. The number of hydrogen-bond acceptors (Lipinski definition) is 4. The Balaban J connectivity index is 1.52. The Morgan fingerprint density at radius 3 is 2.10 bits per heavy atom. The zero-order valence-electron chi connectivity index (χ0n) is 18.0. The first-order chi connectivity index (χ1) is 14.9. The summed E-state index contributed by atoms with van der Waals surface area (Å²) in [7, 11) is 3.14. The van der Waals surface area contributed by atoms with Crippen LogP contribution in [-0.2, 0) is 4.79 Å². The Kier molecular flexibility index (Phi) is 7.63. The first kappa shape index (κ1) is 22.7. The zero-order chi connectivity index (χ0) is 22.4. The summed E-state index contributed by atoms with van der Waals surface area (Å²) in [5, 5.41) is 6.47. The minimum absolute atomic E-state index is 0.0561. The normalized spacial score (nSPS) is 15.2. The van der Waals surface area contributed by atoms with Crippen LogP contribution in [0.1, 0.15) is 19.8 Å². The summed E-state index contributed by atoms with van der Waals surface area (Å²) in [6.07, 6.45) is 1.54. The summed E-state index contributed by atoms with van der Waals surface area (Å²) in [6.45, 7) is 3.14. The maximum absolute atomic E-state index is 12.8. The van der Waals surface area contributed by atoms with Gasteiger partial charge in [0.2, 0.25) is 5.91 Å². The molecule has 3 rings (SSSR count). The van der Waals surface area contributed by atoms with E-state index in [4.69, 9.17) is 21.1 Å². The van der Waals surface area contributed by atoms with Crippen molar-refractivity contribution in [3.8, 4) is 11.5 Å². The molecule has 0 spiro atoms. The molecular formula is C23H28ClN3O4. The molecule has 1 atom stereocenters. The number of urea groups is 1. The number of halogens is 1. The van der Waals surface area contributed by atoms with Gasteiger partial charge in [0.15, 0.2) is 0 Å². The SMILES string of the molecule is COc1cc(NC(=O)C(C)C2CCN(C(=O)Nc3ccc(Cl)cc3)CC2)cc(OC)c1. The predicted octanol–water partition coefficient (Wildman–Crippen LogP) is 4.88. The van der Waals surface area contributed by atoms with Gasteiger partial charge in [-0.05, 0) is 43.0 Å². The fraction of sp³-hybridized carbons (Fsp3) is 0.391. The van der Waals surface area contributed by atoms with Crippen LogP contribution in [0.4, 0.5) is 16.2 Å². The average molecular weight is 446 g/mol. The molecule has 1 aliphatic heterocycles. The number of likely N-dealkylation sites (tertiary alicyclic amines) is 1. The van der Waals surface area contributed by atoms with E-state index in [0.717, 1.165) is 12.8 Å². The Morgan fingerprint density at radius 2 is 1.55 bits per heavy atom. The molecule has 1 unspecified atom stereocenters. The summed E-state index contributed by atoms with van der Waals surface area (Å²) in [5.74, 6) is 1.19. The van der Waals surface area contributed by atoms with E-state index in [2.05, 4.69) is 10.6 Å². The highest BCUT2D eigenvalue weighted by Crippen LogP contribution is 2.29. The quantitative estimate of drug-likeness (QED) is 0.664. The third kappa shape index (κ3) is 6.04. The summed E-state index contributed by atoms with van der Waals surface area (Å²) in [4.78, 5) is 27.1. The Hall–Kier alpha value is -2.93.